The molecule has 1 atom stereocenters. The van der Waals surface area contributed by atoms with Gasteiger partial charge in [-0.1, -0.05) is 0 Å². The molecule has 2 heteroatoms. The van der Waals surface area contributed by atoms with Crippen molar-refractivity contribution in [3.8, 4) is 0 Å². The molecule has 0 aliphatic heterocycles. The minimum absolute atomic E-state index is 0.792. The second-order valence-corrected chi connectivity index (χ2v) is 4.90. The van der Waals surface area contributed by atoms with Gasteiger partial charge in [-0.3, -0.25) is 0 Å². The van der Waals surface area contributed by atoms with Gasteiger partial charge in [-0.05, 0) is 0 Å². The van der Waals surface area contributed by atoms with Crippen molar-refractivity contribution in [3.05, 3.63) is 0 Å². The quantitative estimate of drug-likeness (QED) is 0.466. The summed E-state index contributed by atoms with van der Waals surface area (Å²) in [6.45, 7) is 2.18. The van der Waals surface area contributed by atoms with E-state index in [1.807, 2.05) is 0 Å². The molecule has 0 aromatic heterocycles. The molecule has 1 unspecified atom stereocenters. The van der Waals surface area contributed by atoms with Gasteiger partial charge in [-0.15, -0.1) is 0 Å². The van der Waals surface area contributed by atoms with E-state index >= 15 is 0 Å². The third-order valence-corrected chi connectivity index (χ3v) is 1.79. The average Bonchev–Trinajstić information content (AvgIpc) is 1.38. The van der Waals surface area contributed by atoms with Gasteiger partial charge in [0.2, 0.25) is 0 Å². The summed E-state index contributed by atoms with van der Waals surface area (Å²) in [6, 6.07) is 0. The maximum atomic E-state index is 2.59. The van der Waals surface area contributed by atoms with E-state index in [9.17, 15) is 0 Å². The Labute approximate surface area is 55.8 Å². The fourth-order valence-corrected chi connectivity index (χ4v) is 0. The first-order valence-corrected chi connectivity index (χ1v) is 3.64. The summed E-state index contributed by atoms with van der Waals surface area (Å²) >= 11 is 4.97. The molecule has 0 bridgehead atoms. The van der Waals surface area contributed by atoms with Gasteiger partial charge < -0.3 is 0 Å². The maximum absolute atomic E-state index is 2.59. The fraction of sp³-hybridized carbons (Fsp3) is 1.00. The normalized spacial score (nSPS) is 14.8. The Morgan fingerprint density at radius 2 is 2.20 bits per heavy atom. The van der Waals surface area contributed by atoms with E-state index in [1.54, 1.807) is 0 Å². The van der Waals surface area contributed by atoms with Gasteiger partial charge in [0, 0.05) is 0 Å². The molecular weight excluding hydrogens is 214 g/mol. The van der Waals surface area contributed by atoms with Crippen LogP contribution in [0.4, 0.5) is 0 Å². The molecular formula is C3H6IV. The van der Waals surface area contributed by atoms with Crippen LogP contribution in [0, 0.1) is 0 Å². The molecule has 0 heterocycles. The van der Waals surface area contributed by atoms with Crippen LogP contribution in [-0.2, 0) is 17.4 Å². The summed E-state index contributed by atoms with van der Waals surface area (Å²) in [5.41, 5.74) is 0. The monoisotopic (exact) mass is 220 g/mol. The van der Waals surface area contributed by atoms with Crippen molar-refractivity contribution >= 4 is 22.6 Å². The van der Waals surface area contributed by atoms with Crippen LogP contribution in [0.15, 0.2) is 0 Å². The van der Waals surface area contributed by atoms with Gasteiger partial charge in [0.25, 0.3) is 0 Å². The third kappa shape index (κ3) is 5.31. The van der Waals surface area contributed by atoms with Crippen molar-refractivity contribution in [1.82, 2.24) is 0 Å². The zero-order valence-electron chi connectivity index (χ0n) is 3.11. The molecule has 0 saturated carbocycles. The molecule has 0 radical (unpaired) electrons. The van der Waals surface area contributed by atoms with Crippen LogP contribution in [0.5, 0.6) is 0 Å². The summed E-state index contributed by atoms with van der Waals surface area (Å²) in [7, 11) is 0. The van der Waals surface area contributed by atoms with Crippen molar-refractivity contribution in [2.75, 3.05) is 0 Å². The van der Waals surface area contributed by atoms with Crippen molar-refractivity contribution in [2.45, 2.75) is 16.0 Å². The van der Waals surface area contributed by atoms with Crippen LogP contribution < -0.4 is 0 Å². The first kappa shape index (κ1) is 6.31. The first-order valence-electron chi connectivity index (χ1n) is 1.59. The second-order valence-electron chi connectivity index (χ2n) is 0.843. The summed E-state index contributed by atoms with van der Waals surface area (Å²) in [5, 5.41) is 0. The molecule has 0 aromatic carbocycles. The molecule has 0 amide bonds. The molecule has 0 rings (SSSR count). The predicted octanol–water partition coefficient (Wildman–Crippen LogP) is 1.70. The summed E-state index contributed by atoms with van der Waals surface area (Å²) in [5.74, 6) is 0. The van der Waals surface area contributed by atoms with Crippen LogP contribution in [-0.4, -0.2) is 2.64 Å². The van der Waals surface area contributed by atoms with E-state index in [-0.39, 0.29) is 0 Å². The average molecular weight is 220 g/mol. The molecule has 5 heavy (non-hydrogen) atoms. The Morgan fingerprint density at radius 1 is 2.00 bits per heavy atom. The second kappa shape index (κ2) is 3.50. The predicted molar refractivity (Wildman–Crippen MR) is 28.1 cm³/mol. The molecule has 30 valence electrons. The molecule has 0 fully saturated rings. The third-order valence-electron chi connectivity index (χ3n) is 0.337. The molecule has 0 spiro atoms. The number of alkyl halides is 1. The zero-order chi connectivity index (χ0) is 4.28. The van der Waals surface area contributed by atoms with Crippen molar-refractivity contribution in [3.63, 3.8) is 0 Å². The van der Waals surface area contributed by atoms with E-state index in [0.717, 1.165) is 2.64 Å². The molecule has 0 saturated heterocycles. The van der Waals surface area contributed by atoms with E-state index in [0.29, 0.717) is 0 Å². The number of rotatable bonds is 1. The molecule has 0 N–H and O–H groups in total. The van der Waals surface area contributed by atoms with E-state index in [2.05, 4.69) is 46.9 Å². The Kier molecular flexibility index (Phi) is 4.42. The van der Waals surface area contributed by atoms with Gasteiger partial charge in [-0.25, -0.2) is 0 Å². The summed E-state index contributed by atoms with van der Waals surface area (Å²) < 4.78 is 0.792. The van der Waals surface area contributed by atoms with Crippen LogP contribution in [0.1, 0.15) is 13.3 Å². The minimum atomic E-state index is 0.792. The zero-order valence-corrected chi connectivity index (χ0v) is 6.66. The van der Waals surface area contributed by atoms with Crippen molar-refractivity contribution in [2.24, 2.45) is 0 Å². The van der Waals surface area contributed by atoms with E-state index in [4.69, 9.17) is 0 Å². The van der Waals surface area contributed by atoms with Gasteiger partial charge in [0.05, 0.1) is 0 Å². The van der Waals surface area contributed by atoms with Crippen molar-refractivity contribution < 1.29 is 17.4 Å². The summed E-state index contributed by atoms with van der Waals surface area (Å²) in [4.78, 5) is 0. The number of hydrogen-bond acceptors (Lipinski definition) is 0. The van der Waals surface area contributed by atoms with E-state index in [1.165, 1.54) is 6.42 Å². The Bertz CT molecular complexity index is 20.9. The standard InChI is InChI=1S/C3H6I.V/c1-2-3-4;/h3H,2H2,1H3;. The first-order chi connectivity index (χ1) is 2.27. The van der Waals surface area contributed by atoms with Gasteiger partial charge in [0.15, 0.2) is 0 Å². The molecule has 0 aliphatic carbocycles. The fourth-order valence-electron chi connectivity index (χ4n) is 0. The molecule has 0 aromatic rings. The Morgan fingerprint density at radius 3 is 2.20 bits per heavy atom. The molecule has 0 aliphatic rings. The van der Waals surface area contributed by atoms with Crippen LogP contribution in [0.25, 0.3) is 0 Å². The number of halogens is 1. The van der Waals surface area contributed by atoms with Crippen LogP contribution >= 0.6 is 22.6 Å². The van der Waals surface area contributed by atoms with Crippen molar-refractivity contribution in [1.29, 1.82) is 0 Å². The SMILES string of the molecule is CC[CH]([V])I. The summed E-state index contributed by atoms with van der Waals surface area (Å²) in [6.07, 6.45) is 1.26. The van der Waals surface area contributed by atoms with Gasteiger partial charge >= 0.3 is 56.0 Å². The van der Waals surface area contributed by atoms with Crippen LogP contribution in [0.3, 0.4) is 0 Å². The van der Waals surface area contributed by atoms with Gasteiger partial charge in [0.1, 0.15) is 0 Å². The number of hydrogen-bond donors (Lipinski definition) is 0. The Balaban J connectivity index is 2.54. The molecule has 0 nitrogen and oxygen atoms in total. The topological polar surface area (TPSA) is 0 Å². The van der Waals surface area contributed by atoms with Gasteiger partial charge in [-0.2, -0.15) is 0 Å². The Hall–Kier alpha value is 1.31. The van der Waals surface area contributed by atoms with E-state index < -0.39 is 0 Å². The van der Waals surface area contributed by atoms with Crippen LogP contribution in [0.2, 0.25) is 0 Å².